The van der Waals surface area contributed by atoms with Crippen molar-refractivity contribution in [1.82, 2.24) is 0 Å². The Morgan fingerprint density at radius 2 is 2.12 bits per heavy atom. The summed E-state index contributed by atoms with van der Waals surface area (Å²) >= 11 is 0. The fourth-order valence-electron chi connectivity index (χ4n) is 1.77. The number of carbonyl (C=O) groups excluding carboxylic acids is 1. The SMILES string of the molecule is CC(=O)CC[C@@H](C)OC1OC(C)C(O)CC1O. The molecule has 1 aliphatic heterocycles. The summed E-state index contributed by atoms with van der Waals surface area (Å²) in [5, 5.41) is 19.2. The van der Waals surface area contributed by atoms with Crippen molar-refractivity contribution >= 4 is 5.78 Å². The highest BCUT2D eigenvalue weighted by Crippen LogP contribution is 2.22. The van der Waals surface area contributed by atoms with Gasteiger partial charge in [-0.2, -0.15) is 0 Å². The second kappa shape index (κ2) is 6.44. The number of ketones is 1. The van der Waals surface area contributed by atoms with Crippen LogP contribution in [0.5, 0.6) is 0 Å². The van der Waals surface area contributed by atoms with Crippen molar-refractivity contribution in [2.45, 2.75) is 70.7 Å². The van der Waals surface area contributed by atoms with E-state index in [0.717, 1.165) is 0 Å². The normalized spacial score (nSPS) is 35.6. The molecule has 0 aromatic rings. The van der Waals surface area contributed by atoms with E-state index in [2.05, 4.69) is 0 Å². The van der Waals surface area contributed by atoms with Gasteiger partial charge in [0.1, 0.15) is 11.9 Å². The number of aliphatic hydroxyl groups is 2. The Kier molecular flexibility index (Phi) is 5.52. The molecule has 1 fully saturated rings. The minimum absolute atomic E-state index is 0.120. The second-order valence-corrected chi connectivity index (χ2v) is 4.77. The van der Waals surface area contributed by atoms with E-state index >= 15 is 0 Å². The van der Waals surface area contributed by atoms with Crippen LogP contribution in [-0.2, 0) is 14.3 Å². The summed E-state index contributed by atoms with van der Waals surface area (Å²) in [7, 11) is 0. The van der Waals surface area contributed by atoms with E-state index in [0.29, 0.717) is 12.8 Å². The first-order chi connectivity index (χ1) is 7.90. The van der Waals surface area contributed by atoms with E-state index in [1.165, 1.54) is 6.92 Å². The molecule has 1 heterocycles. The van der Waals surface area contributed by atoms with Crippen LogP contribution >= 0.6 is 0 Å². The molecule has 0 radical (unpaired) electrons. The van der Waals surface area contributed by atoms with Crippen molar-refractivity contribution in [2.24, 2.45) is 0 Å². The van der Waals surface area contributed by atoms with Gasteiger partial charge in [0.15, 0.2) is 6.29 Å². The van der Waals surface area contributed by atoms with Crippen LogP contribution in [0.2, 0.25) is 0 Å². The monoisotopic (exact) mass is 246 g/mol. The second-order valence-electron chi connectivity index (χ2n) is 4.77. The number of Topliss-reactive ketones (excluding diaryl/α,β-unsaturated/α-hetero) is 1. The van der Waals surface area contributed by atoms with E-state index < -0.39 is 18.5 Å². The summed E-state index contributed by atoms with van der Waals surface area (Å²) in [5.74, 6) is 0.120. The lowest BCUT2D eigenvalue weighted by atomic mass is 10.0. The van der Waals surface area contributed by atoms with Gasteiger partial charge in [0.25, 0.3) is 0 Å². The van der Waals surface area contributed by atoms with E-state index in [9.17, 15) is 15.0 Å². The van der Waals surface area contributed by atoms with Crippen molar-refractivity contribution in [3.8, 4) is 0 Å². The number of hydrogen-bond donors (Lipinski definition) is 2. The predicted molar refractivity (Wildman–Crippen MR) is 61.4 cm³/mol. The Morgan fingerprint density at radius 1 is 1.47 bits per heavy atom. The van der Waals surface area contributed by atoms with Crippen molar-refractivity contribution in [3.63, 3.8) is 0 Å². The van der Waals surface area contributed by atoms with Gasteiger partial charge in [0, 0.05) is 12.8 Å². The topological polar surface area (TPSA) is 76.0 Å². The summed E-state index contributed by atoms with van der Waals surface area (Å²) in [6, 6.07) is 0. The molecule has 5 atom stereocenters. The van der Waals surface area contributed by atoms with E-state index in [1.807, 2.05) is 6.92 Å². The number of aliphatic hydroxyl groups excluding tert-OH is 2. The van der Waals surface area contributed by atoms with Crippen molar-refractivity contribution in [3.05, 3.63) is 0 Å². The first kappa shape index (κ1) is 14.6. The van der Waals surface area contributed by atoms with E-state index in [-0.39, 0.29) is 24.4 Å². The van der Waals surface area contributed by atoms with Crippen molar-refractivity contribution < 1.29 is 24.5 Å². The molecule has 0 aliphatic carbocycles. The molecule has 4 unspecified atom stereocenters. The Balaban J connectivity index is 2.37. The highest BCUT2D eigenvalue weighted by molar-refractivity contribution is 5.75. The number of hydrogen-bond acceptors (Lipinski definition) is 5. The Bertz CT molecular complexity index is 255. The average Bonchev–Trinajstić information content (AvgIpc) is 2.23. The molecule has 0 amide bonds. The first-order valence-corrected chi connectivity index (χ1v) is 6.06. The molecule has 17 heavy (non-hydrogen) atoms. The molecule has 1 aliphatic rings. The molecule has 0 bridgehead atoms. The van der Waals surface area contributed by atoms with Crippen LogP contribution in [0.3, 0.4) is 0 Å². The maximum atomic E-state index is 10.8. The predicted octanol–water partition coefficient (Wildman–Crippen LogP) is 0.617. The molecule has 0 aromatic heterocycles. The molecule has 100 valence electrons. The molecule has 0 aromatic carbocycles. The summed E-state index contributed by atoms with van der Waals surface area (Å²) in [5.41, 5.74) is 0. The molecular weight excluding hydrogens is 224 g/mol. The Labute approximate surface area is 102 Å². The number of rotatable bonds is 5. The largest absolute Gasteiger partial charge is 0.390 e. The van der Waals surface area contributed by atoms with Crippen LogP contribution in [0.1, 0.15) is 40.0 Å². The zero-order valence-corrected chi connectivity index (χ0v) is 10.6. The van der Waals surface area contributed by atoms with E-state index in [4.69, 9.17) is 9.47 Å². The number of carbonyl (C=O) groups is 1. The molecule has 0 spiro atoms. The lowest BCUT2D eigenvalue weighted by Gasteiger charge is -2.36. The van der Waals surface area contributed by atoms with Gasteiger partial charge in [0.05, 0.1) is 18.3 Å². The van der Waals surface area contributed by atoms with Crippen LogP contribution in [-0.4, -0.2) is 46.7 Å². The van der Waals surface area contributed by atoms with Gasteiger partial charge in [-0.3, -0.25) is 0 Å². The lowest BCUT2D eigenvalue weighted by Crippen LogP contribution is -2.48. The molecular formula is C12H22O5. The van der Waals surface area contributed by atoms with Crippen LogP contribution < -0.4 is 0 Å². The summed E-state index contributed by atoms with van der Waals surface area (Å²) in [4.78, 5) is 10.8. The third-order valence-electron chi connectivity index (χ3n) is 2.96. The van der Waals surface area contributed by atoms with Crippen LogP contribution in [0.25, 0.3) is 0 Å². The molecule has 2 N–H and O–H groups in total. The van der Waals surface area contributed by atoms with Crippen LogP contribution in [0, 0.1) is 0 Å². The maximum absolute atomic E-state index is 10.8. The first-order valence-electron chi connectivity index (χ1n) is 6.06. The fraction of sp³-hybridized carbons (Fsp3) is 0.917. The molecule has 1 saturated heterocycles. The minimum atomic E-state index is -0.819. The molecule has 0 saturated carbocycles. The average molecular weight is 246 g/mol. The highest BCUT2D eigenvalue weighted by Gasteiger charge is 2.35. The summed E-state index contributed by atoms with van der Waals surface area (Å²) in [6.45, 7) is 5.12. The van der Waals surface area contributed by atoms with Crippen molar-refractivity contribution in [1.29, 1.82) is 0 Å². The lowest BCUT2D eigenvalue weighted by molar-refractivity contribution is -0.273. The van der Waals surface area contributed by atoms with Gasteiger partial charge in [-0.15, -0.1) is 0 Å². The third kappa shape index (κ3) is 4.71. The number of ether oxygens (including phenoxy) is 2. The minimum Gasteiger partial charge on any atom is -0.390 e. The van der Waals surface area contributed by atoms with Gasteiger partial charge in [-0.1, -0.05) is 0 Å². The summed E-state index contributed by atoms with van der Waals surface area (Å²) < 4.78 is 10.9. The van der Waals surface area contributed by atoms with Gasteiger partial charge >= 0.3 is 0 Å². The summed E-state index contributed by atoms with van der Waals surface area (Å²) in [6.07, 6.45) is -1.36. The van der Waals surface area contributed by atoms with Gasteiger partial charge < -0.3 is 24.5 Å². The van der Waals surface area contributed by atoms with Crippen LogP contribution in [0.15, 0.2) is 0 Å². The van der Waals surface area contributed by atoms with Gasteiger partial charge in [-0.05, 0) is 27.2 Å². The quantitative estimate of drug-likeness (QED) is 0.743. The van der Waals surface area contributed by atoms with Gasteiger partial charge in [0.2, 0.25) is 0 Å². The third-order valence-corrected chi connectivity index (χ3v) is 2.96. The van der Waals surface area contributed by atoms with Gasteiger partial charge in [-0.25, -0.2) is 0 Å². The molecule has 1 rings (SSSR count). The standard InChI is InChI=1S/C12H22O5/c1-7(13)4-5-8(2)16-12-11(15)6-10(14)9(3)17-12/h8-12,14-15H,4-6H2,1-3H3/t8-,9?,10?,11?,12?/m1/s1. The van der Waals surface area contributed by atoms with Crippen molar-refractivity contribution in [2.75, 3.05) is 0 Å². The zero-order valence-electron chi connectivity index (χ0n) is 10.6. The molecule has 5 nitrogen and oxygen atoms in total. The zero-order chi connectivity index (χ0) is 13.0. The molecule has 5 heteroatoms. The smallest absolute Gasteiger partial charge is 0.184 e. The highest BCUT2D eigenvalue weighted by atomic mass is 16.7. The van der Waals surface area contributed by atoms with E-state index in [1.54, 1.807) is 6.92 Å². The van der Waals surface area contributed by atoms with Crippen LogP contribution in [0.4, 0.5) is 0 Å². The maximum Gasteiger partial charge on any atom is 0.184 e. The fourth-order valence-corrected chi connectivity index (χ4v) is 1.77. The Morgan fingerprint density at radius 3 is 2.71 bits per heavy atom. The Hall–Kier alpha value is -0.490.